The average molecular weight is 144 g/mol. The molecule has 3 nitrogen and oxygen atoms in total. The van der Waals surface area contributed by atoms with E-state index in [2.05, 4.69) is 0 Å². The van der Waals surface area contributed by atoms with Crippen molar-refractivity contribution < 1.29 is 14.6 Å². The molecule has 0 radical (unpaired) electrons. The number of carboxylic acids is 1. The Morgan fingerprint density at radius 2 is 2.50 bits per heavy atom. The summed E-state index contributed by atoms with van der Waals surface area (Å²) in [7, 11) is 0. The maximum absolute atomic E-state index is 10.2. The highest BCUT2D eigenvalue weighted by Gasteiger charge is 2.25. The molecule has 3 heteroatoms. The summed E-state index contributed by atoms with van der Waals surface area (Å²) >= 11 is 0. The summed E-state index contributed by atoms with van der Waals surface area (Å²) in [6.07, 6.45) is 1.11. The first-order chi connectivity index (χ1) is 4.70. The molecule has 0 bridgehead atoms. The van der Waals surface area contributed by atoms with E-state index >= 15 is 0 Å². The van der Waals surface area contributed by atoms with Crippen LogP contribution in [0.5, 0.6) is 0 Å². The van der Waals surface area contributed by atoms with Crippen molar-refractivity contribution in [2.45, 2.75) is 25.9 Å². The zero-order valence-corrected chi connectivity index (χ0v) is 6.04. The molecule has 2 unspecified atom stereocenters. The van der Waals surface area contributed by atoms with Gasteiger partial charge in [-0.25, -0.2) is 0 Å². The fourth-order valence-corrected chi connectivity index (χ4v) is 1.19. The van der Waals surface area contributed by atoms with Crippen LogP contribution in [-0.2, 0) is 9.53 Å². The first-order valence-corrected chi connectivity index (χ1v) is 3.53. The van der Waals surface area contributed by atoms with Crippen molar-refractivity contribution in [3.63, 3.8) is 0 Å². The van der Waals surface area contributed by atoms with Gasteiger partial charge in [0.25, 0.3) is 0 Å². The third kappa shape index (κ3) is 1.70. The minimum atomic E-state index is -0.765. The van der Waals surface area contributed by atoms with Gasteiger partial charge in [0.2, 0.25) is 0 Å². The lowest BCUT2D eigenvalue weighted by Gasteiger charge is -2.10. The van der Waals surface area contributed by atoms with Gasteiger partial charge in [-0.15, -0.1) is 0 Å². The summed E-state index contributed by atoms with van der Waals surface area (Å²) in [5.41, 5.74) is 0. The number of carbonyl (C=O) groups is 1. The highest BCUT2D eigenvalue weighted by atomic mass is 16.5. The van der Waals surface area contributed by atoms with Gasteiger partial charge in [-0.1, -0.05) is 6.92 Å². The van der Waals surface area contributed by atoms with Gasteiger partial charge in [0.1, 0.15) is 0 Å². The highest BCUT2D eigenvalue weighted by molar-refractivity contribution is 5.67. The molecule has 1 rings (SSSR count). The van der Waals surface area contributed by atoms with E-state index in [4.69, 9.17) is 9.84 Å². The summed E-state index contributed by atoms with van der Waals surface area (Å²) in [5.74, 6) is -0.352. The second kappa shape index (κ2) is 3.01. The van der Waals surface area contributed by atoms with Crippen LogP contribution in [-0.4, -0.2) is 23.8 Å². The molecule has 1 fully saturated rings. The van der Waals surface area contributed by atoms with Crippen molar-refractivity contribution in [2.75, 3.05) is 6.61 Å². The summed E-state index contributed by atoms with van der Waals surface area (Å²) in [6.45, 7) is 2.75. The van der Waals surface area contributed by atoms with Crippen LogP contribution in [0.3, 0.4) is 0 Å². The molecular weight excluding hydrogens is 132 g/mol. The maximum Gasteiger partial charge on any atom is 0.305 e. The molecular formula is C7H12O3. The smallest absolute Gasteiger partial charge is 0.305 e. The van der Waals surface area contributed by atoms with Crippen molar-refractivity contribution in [3.05, 3.63) is 0 Å². The van der Waals surface area contributed by atoms with Crippen LogP contribution in [0.4, 0.5) is 0 Å². The first-order valence-electron chi connectivity index (χ1n) is 3.53. The Hall–Kier alpha value is -0.570. The van der Waals surface area contributed by atoms with Gasteiger partial charge in [0.05, 0.1) is 12.5 Å². The average Bonchev–Trinajstić information content (AvgIpc) is 2.15. The Morgan fingerprint density at radius 1 is 1.80 bits per heavy atom. The van der Waals surface area contributed by atoms with Crippen molar-refractivity contribution in [1.29, 1.82) is 0 Å². The van der Waals surface area contributed by atoms with E-state index in [0.717, 1.165) is 13.0 Å². The van der Waals surface area contributed by atoms with E-state index < -0.39 is 5.97 Å². The van der Waals surface area contributed by atoms with Gasteiger partial charge in [-0.3, -0.25) is 4.79 Å². The fourth-order valence-electron chi connectivity index (χ4n) is 1.19. The summed E-state index contributed by atoms with van der Waals surface area (Å²) < 4.78 is 5.20. The SMILES string of the molecule is CC1CCOC1CC(=O)O. The van der Waals surface area contributed by atoms with Crippen molar-refractivity contribution in [1.82, 2.24) is 0 Å². The van der Waals surface area contributed by atoms with E-state index in [0.29, 0.717) is 5.92 Å². The fraction of sp³-hybridized carbons (Fsp3) is 0.857. The van der Waals surface area contributed by atoms with Crippen LogP contribution in [0.2, 0.25) is 0 Å². The predicted octanol–water partition coefficient (Wildman–Crippen LogP) is 0.886. The molecule has 0 aliphatic carbocycles. The van der Waals surface area contributed by atoms with Crippen LogP contribution >= 0.6 is 0 Å². The van der Waals surface area contributed by atoms with E-state index in [1.165, 1.54) is 0 Å². The van der Waals surface area contributed by atoms with E-state index in [-0.39, 0.29) is 12.5 Å². The maximum atomic E-state index is 10.2. The third-order valence-corrected chi connectivity index (χ3v) is 1.92. The quantitative estimate of drug-likeness (QED) is 0.626. The Kier molecular flexibility index (Phi) is 2.27. The second-order valence-electron chi connectivity index (χ2n) is 2.77. The highest BCUT2D eigenvalue weighted by Crippen LogP contribution is 2.22. The molecule has 0 spiro atoms. The Morgan fingerprint density at radius 3 is 2.90 bits per heavy atom. The lowest BCUT2D eigenvalue weighted by molar-refractivity contribution is -0.139. The predicted molar refractivity (Wildman–Crippen MR) is 35.8 cm³/mol. The zero-order chi connectivity index (χ0) is 7.56. The standard InChI is InChI=1S/C7H12O3/c1-5-2-3-10-6(5)4-7(8)9/h5-6H,2-4H2,1H3,(H,8,9). The molecule has 1 saturated heterocycles. The lowest BCUT2D eigenvalue weighted by Crippen LogP contribution is -2.17. The normalized spacial score (nSPS) is 32.5. The minimum absolute atomic E-state index is 0.0440. The molecule has 0 saturated carbocycles. The number of aliphatic carboxylic acids is 1. The Bertz CT molecular complexity index is 133. The number of hydrogen-bond acceptors (Lipinski definition) is 2. The van der Waals surface area contributed by atoms with Gasteiger partial charge >= 0.3 is 5.97 Å². The first kappa shape index (κ1) is 7.54. The second-order valence-corrected chi connectivity index (χ2v) is 2.77. The number of carboxylic acid groups (broad SMARTS) is 1. The molecule has 0 aromatic rings. The molecule has 1 aliphatic heterocycles. The monoisotopic (exact) mass is 144 g/mol. The minimum Gasteiger partial charge on any atom is -0.481 e. The molecule has 0 aromatic carbocycles. The van der Waals surface area contributed by atoms with Gasteiger partial charge in [0.15, 0.2) is 0 Å². The lowest BCUT2D eigenvalue weighted by atomic mass is 10.0. The van der Waals surface area contributed by atoms with Crippen LogP contribution in [0, 0.1) is 5.92 Å². The summed E-state index contributed by atoms with van der Waals surface area (Å²) in [5, 5.41) is 8.41. The Labute approximate surface area is 60.0 Å². The summed E-state index contributed by atoms with van der Waals surface area (Å²) in [4.78, 5) is 10.2. The topological polar surface area (TPSA) is 46.5 Å². The van der Waals surface area contributed by atoms with Crippen molar-refractivity contribution in [3.8, 4) is 0 Å². The molecule has 0 amide bonds. The molecule has 0 aromatic heterocycles. The van der Waals surface area contributed by atoms with Gasteiger partial charge in [-0.2, -0.15) is 0 Å². The van der Waals surface area contributed by atoms with Gasteiger partial charge in [-0.05, 0) is 12.3 Å². The van der Waals surface area contributed by atoms with E-state index in [1.807, 2.05) is 6.92 Å². The number of ether oxygens (including phenoxy) is 1. The molecule has 1 aliphatic rings. The zero-order valence-electron chi connectivity index (χ0n) is 6.04. The van der Waals surface area contributed by atoms with Gasteiger partial charge < -0.3 is 9.84 Å². The molecule has 10 heavy (non-hydrogen) atoms. The van der Waals surface area contributed by atoms with Crippen LogP contribution in [0.15, 0.2) is 0 Å². The van der Waals surface area contributed by atoms with Crippen molar-refractivity contribution in [2.24, 2.45) is 5.92 Å². The van der Waals surface area contributed by atoms with Crippen LogP contribution < -0.4 is 0 Å². The molecule has 1 N–H and O–H groups in total. The molecule has 1 heterocycles. The number of rotatable bonds is 2. The summed E-state index contributed by atoms with van der Waals surface area (Å²) in [6, 6.07) is 0. The molecule has 58 valence electrons. The Balaban J connectivity index is 2.33. The van der Waals surface area contributed by atoms with E-state index in [1.54, 1.807) is 0 Å². The number of hydrogen-bond donors (Lipinski definition) is 1. The largest absolute Gasteiger partial charge is 0.481 e. The van der Waals surface area contributed by atoms with E-state index in [9.17, 15) is 4.79 Å². The molecule has 2 atom stereocenters. The third-order valence-electron chi connectivity index (χ3n) is 1.92. The van der Waals surface area contributed by atoms with Crippen LogP contribution in [0.25, 0.3) is 0 Å². The van der Waals surface area contributed by atoms with Crippen molar-refractivity contribution >= 4 is 5.97 Å². The van der Waals surface area contributed by atoms with Crippen LogP contribution in [0.1, 0.15) is 19.8 Å². The van der Waals surface area contributed by atoms with Gasteiger partial charge in [0, 0.05) is 6.61 Å².